The van der Waals surface area contributed by atoms with Crippen LogP contribution in [-0.4, -0.2) is 66.5 Å². The van der Waals surface area contributed by atoms with Crippen molar-refractivity contribution in [2.24, 2.45) is 23.5 Å². The standard InChI is InChI=1S/C32H40N6O3/c1-37(2)16-6-9-27(39)34-29-21-10-11-22(29)18-23(17-21)38-19-26(28-30(38)32(40)36-35-31(28)33)20-12-14-25(15-13-20)41-24-7-4-3-5-8-24/h3-9,12-15,19,21-23,28-31,35H,10-11,16-18,33H2,1-2H3,(H,34,39)(H,36,40)/b9-6+. The van der Waals surface area contributed by atoms with Crippen molar-refractivity contribution in [3.63, 3.8) is 0 Å². The SMILES string of the molecule is CN(C)C/C=C/C(=O)NC1C2CCC1CC(N1C=C(c3ccc(Oc4ccccc4)cc3)C3C(N)NNC(=O)C31)C2. The molecule has 2 heterocycles. The fraction of sp³-hybridized carbons (Fsp3) is 0.438. The molecule has 5 unspecified atom stereocenters. The van der Waals surface area contributed by atoms with Crippen LogP contribution in [-0.2, 0) is 9.59 Å². The van der Waals surface area contributed by atoms with Gasteiger partial charge in [0.25, 0.3) is 5.91 Å². The van der Waals surface area contributed by atoms with E-state index in [1.165, 1.54) is 0 Å². The molecule has 9 nitrogen and oxygen atoms in total. The third kappa shape index (κ3) is 5.75. The average molecular weight is 557 g/mol. The smallest absolute Gasteiger partial charge is 0.257 e. The van der Waals surface area contributed by atoms with Gasteiger partial charge in [-0.05, 0) is 87.0 Å². The molecule has 2 aromatic rings. The number of hydrazine groups is 1. The maximum absolute atomic E-state index is 13.3. The summed E-state index contributed by atoms with van der Waals surface area (Å²) in [4.78, 5) is 30.2. The predicted octanol–water partition coefficient (Wildman–Crippen LogP) is 2.83. The van der Waals surface area contributed by atoms with Gasteiger partial charge >= 0.3 is 0 Å². The normalized spacial score (nSPS) is 30.7. The van der Waals surface area contributed by atoms with Crippen molar-refractivity contribution >= 4 is 17.4 Å². The molecule has 3 fully saturated rings. The number of amides is 2. The van der Waals surface area contributed by atoms with Gasteiger partial charge in [-0.15, -0.1) is 0 Å². The number of likely N-dealkylation sites (N-methyl/N-ethyl adjacent to an activating group) is 1. The van der Waals surface area contributed by atoms with Crippen LogP contribution in [0, 0.1) is 17.8 Å². The third-order valence-electron chi connectivity index (χ3n) is 9.04. The molecule has 2 bridgehead atoms. The lowest BCUT2D eigenvalue weighted by atomic mass is 9.79. The molecule has 1 saturated heterocycles. The van der Waals surface area contributed by atoms with Gasteiger partial charge in [0.05, 0.1) is 6.17 Å². The number of nitrogens with zero attached hydrogens (tertiary/aromatic N) is 2. The van der Waals surface area contributed by atoms with Gasteiger partial charge in [-0.25, -0.2) is 5.43 Å². The summed E-state index contributed by atoms with van der Waals surface area (Å²) in [5, 5.41) is 3.30. The number of rotatable bonds is 8. The van der Waals surface area contributed by atoms with E-state index in [1.54, 1.807) is 6.08 Å². The summed E-state index contributed by atoms with van der Waals surface area (Å²) in [5.74, 6) is 2.08. The van der Waals surface area contributed by atoms with E-state index < -0.39 is 6.17 Å². The zero-order valence-electron chi connectivity index (χ0n) is 23.7. The molecule has 2 saturated carbocycles. The van der Waals surface area contributed by atoms with Gasteiger partial charge in [0.15, 0.2) is 0 Å². The Bertz CT molecular complexity index is 1300. The van der Waals surface area contributed by atoms with Crippen LogP contribution >= 0.6 is 0 Å². The molecule has 0 spiro atoms. The van der Waals surface area contributed by atoms with Crippen molar-refractivity contribution < 1.29 is 14.3 Å². The number of ether oxygens (including phenoxy) is 1. The van der Waals surface area contributed by atoms with Gasteiger partial charge in [0, 0.05) is 36.8 Å². The highest BCUT2D eigenvalue weighted by molar-refractivity contribution is 5.89. The number of nitrogens with two attached hydrogens (primary N) is 1. The highest BCUT2D eigenvalue weighted by Crippen LogP contribution is 2.48. The summed E-state index contributed by atoms with van der Waals surface area (Å²) in [6.45, 7) is 0.737. The molecular formula is C32H40N6O3. The topological polar surface area (TPSA) is 112 Å². The number of para-hydroxylation sites is 1. The number of fused-ring (bicyclic) bond motifs is 3. The van der Waals surface area contributed by atoms with Crippen LogP contribution < -0.4 is 26.6 Å². The van der Waals surface area contributed by atoms with E-state index in [4.69, 9.17) is 10.5 Å². The fourth-order valence-electron chi connectivity index (χ4n) is 7.19. The van der Waals surface area contributed by atoms with E-state index in [0.717, 1.165) is 54.9 Å². The van der Waals surface area contributed by atoms with Crippen LogP contribution in [0.3, 0.4) is 0 Å². The molecule has 0 radical (unpaired) electrons. The highest BCUT2D eigenvalue weighted by Gasteiger charge is 2.52. The zero-order valence-corrected chi connectivity index (χ0v) is 23.7. The number of benzene rings is 2. The van der Waals surface area contributed by atoms with Crippen LogP contribution in [0.25, 0.3) is 5.57 Å². The first kappa shape index (κ1) is 27.5. The molecule has 9 heteroatoms. The van der Waals surface area contributed by atoms with Crippen molar-refractivity contribution in [2.45, 2.75) is 50.0 Å². The number of nitrogens with one attached hydrogen (secondary N) is 3. The zero-order chi connectivity index (χ0) is 28.5. The first-order valence-electron chi connectivity index (χ1n) is 14.6. The lowest BCUT2D eigenvalue weighted by molar-refractivity contribution is -0.131. The molecule has 6 rings (SSSR count). The van der Waals surface area contributed by atoms with Gasteiger partial charge in [-0.2, -0.15) is 0 Å². The van der Waals surface area contributed by atoms with E-state index >= 15 is 0 Å². The van der Waals surface area contributed by atoms with Crippen LogP contribution in [0.15, 0.2) is 72.9 Å². The van der Waals surface area contributed by atoms with Gasteiger partial charge in [-0.1, -0.05) is 36.4 Å². The van der Waals surface area contributed by atoms with Crippen LogP contribution in [0.4, 0.5) is 0 Å². The van der Waals surface area contributed by atoms with Crippen molar-refractivity contribution in [1.82, 2.24) is 26.0 Å². The molecular weight excluding hydrogens is 516 g/mol. The summed E-state index contributed by atoms with van der Waals surface area (Å²) in [6, 6.07) is 17.8. The summed E-state index contributed by atoms with van der Waals surface area (Å²) >= 11 is 0. The molecule has 2 amide bonds. The maximum Gasteiger partial charge on any atom is 0.257 e. The Hall–Kier alpha value is -3.66. The summed E-state index contributed by atoms with van der Waals surface area (Å²) < 4.78 is 5.99. The molecule has 2 aliphatic carbocycles. The number of carbonyl (C=O) groups is 2. The maximum atomic E-state index is 13.3. The molecule has 2 aromatic carbocycles. The molecule has 4 aliphatic rings. The monoisotopic (exact) mass is 556 g/mol. The summed E-state index contributed by atoms with van der Waals surface area (Å²) in [7, 11) is 3.97. The second-order valence-electron chi connectivity index (χ2n) is 12.0. The van der Waals surface area contributed by atoms with Crippen LogP contribution in [0.5, 0.6) is 11.5 Å². The van der Waals surface area contributed by atoms with Crippen molar-refractivity contribution in [3.8, 4) is 11.5 Å². The summed E-state index contributed by atoms with van der Waals surface area (Å²) in [6.07, 6.45) is 9.40. The van der Waals surface area contributed by atoms with E-state index in [1.807, 2.05) is 79.7 Å². The largest absolute Gasteiger partial charge is 0.457 e. The first-order valence-corrected chi connectivity index (χ1v) is 14.6. The second kappa shape index (κ2) is 11.7. The quantitative estimate of drug-likeness (QED) is 0.370. The Labute approximate surface area is 241 Å². The van der Waals surface area contributed by atoms with Crippen LogP contribution in [0.1, 0.15) is 31.2 Å². The van der Waals surface area contributed by atoms with Crippen molar-refractivity contribution in [1.29, 1.82) is 0 Å². The van der Waals surface area contributed by atoms with Gasteiger partial charge in [0.1, 0.15) is 17.5 Å². The summed E-state index contributed by atoms with van der Waals surface area (Å²) in [5.41, 5.74) is 14.4. The molecule has 2 aliphatic heterocycles. The minimum absolute atomic E-state index is 0.0148. The van der Waals surface area contributed by atoms with E-state index in [-0.39, 0.29) is 35.9 Å². The Morgan fingerprint density at radius 3 is 2.44 bits per heavy atom. The van der Waals surface area contributed by atoms with E-state index in [9.17, 15) is 9.59 Å². The minimum atomic E-state index is -0.407. The van der Waals surface area contributed by atoms with E-state index in [0.29, 0.717) is 11.8 Å². The predicted molar refractivity (Wildman–Crippen MR) is 158 cm³/mol. The van der Waals surface area contributed by atoms with E-state index in [2.05, 4.69) is 27.3 Å². The first-order chi connectivity index (χ1) is 19.9. The third-order valence-corrected chi connectivity index (χ3v) is 9.04. The Balaban J connectivity index is 1.19. The Morgan fingerprint density at radius 2 is 1.76 bits per heavy atom. The second-order valence-corrected chi connectivity index (χ2v) is 12.0. The number of carbonyl (C=O) groups excluding carboxylic acids is 2. The number of hydrogen-bond donors (Lipinski definition) is 4. The average Bonchev–Trinajstić information content (AvgIpc) is 3.46. The van der Waals surface area contributed by atoms with Gasteiger partial charge < -0.3 is 25.6 Å². The highest BCUT2D eigenvalue weighted by atomic mass is 16.5. The molecule has 41 heavy (non-hydrogen) atoms. The molecule has 0 aromatic heterocycles. The van der Waals surface area contributed by atoms with Gasteiger partial charge in [0.2, 0.25) is 5.91 Å². The lowest BCUT2D eigenvalue weighted by Crippen LogP contribution is -2.67. The Morgan fingerprint density at radius 1 is 1.07 bits per heavy atom. The molecule has 216 valence electrons. The van der Waals surface area contributed by atoms with Crippen LogP contribution in [0.2, 0.25) is 0 Å². The number of hydrogen-bond acceptors (Lipinski definition) is 7. The fourth-order valence-corrected chi connectivity index (χ4v) is 7.19. The van der Waals surface area contributed by atoms with Crippen molar-refractivity contribution in [3.05, 3.63) is 78.5 Å². The van der Waals surface area contributed by atoms with Gasteiger partial charge in [-0.3, -0.25) is 15.0 Å². The molecule has 5 atom stereocenters. The molecule has 5 N–H and O–H groups in total. The Kier molecular flexibility index (Phi) is 7.84. The lowest BCUT2D eigenvalue weighted by Gasteiger charge is -2.44. The minimum Gasteiger partial charge on any atom is -0.457 e. The van der Waals surface area contributed by atoms with Crippen molar-refractivity contribution in [2.75, 3.05) is 20.6 Å².